The first-order valence-electron chi connectivity index (χ1n) is 6.48. The molecule has 0 radical (unpaired) electrons. The summed E-state index contributed by atoms with van der Waals surface area (Å²) < 4.78 is 0. The van der Waals surface area contributed by atoms with E-state index in [0.717, 1.165) is 18.7 Å². The van der Waals surface area contributed by atoms with E-state index in [1.807, 2.05) is 6.07 Å². The number of anilines is 1. The van der Waals surface area contributed by atoms with Crippen molar-refractivity contribution < 1.29 is 4.92 Å². The maximum Gasteiger partial charge on any atom is 0.293 e. The normalized spacial score (nSPS) is 23.5. The number of nitrogens with zero attached hydrogens (tertiary/aromatic N) is 2. The third kappa shape index (κ3) is 2.85. The second kappa shape index (κ2) is 5.54. The van der Waals surface area contributed by atoms with Crippen molar-refractivity contribution in [3.8, 4) is 0 Å². The topological polar surface area (TPSA) is 84.4 Å². The first-order valence-corrected chi connectivity index (χ1v) is 6.48. The molecular formula is C13H20N4O2. The molecule has 6 heteroatoms. The van der Waals surface area contributed by atoms with Crippen molar-refractivity contribution in [3.63, 3.8) is 0 Å². The van der Waals surface area contributed by atoms with Gasteiger partial charge in [0.1, 0.15) is 5.69 Å². The molecule has 1 aromatic carbocycles. The van der Waals surface area contributed by atoms with E-state index in [9.17, 15) is 10.1 Å². The number of nitrogens with two attached hydrogens (primary N) is 1. The lowest BCUT2D eigenvalue weighted by molar-refractivity contribution is -0.384. The molecule has 1 aromatic rings. The van der Waals surface area contributed by atoms with E-state index in [-0.39, 0.29) is 5.69 Å². The highest BCUT2D eigenvalue weighted by molar-refractivity contribution is 5.65. The number of likely N-dealkylation sites (tertiary alicyclic amines) is 1. The number of hydrogen-bond acceptors (Lipinski definition) is 5. The van der Waals surface area contributed by atoms with Crippen molar-refractivity contribution in [2.24, 2.45) is 17.7 Å². The number of nitrogens with one attached hydrogen (secondary N) is 1. The molecule has 0 bridgehead atoms. The lowest BCUT2D eigenvalue weighted by atomic mass is 10.0. The molecule has 3 N–H and O–H groups in total. The highest BCUT2D eigenvalue weighted by atomic mass is 16.6. The summed E-state index contributed by atoms with van der Waals surface area (Å²) in [5, 5.41) is 11.0. The monoisotopic (exact) mass is 264 g/mol. The number of nitrogen functional groups attached to an aromatic ring is 1. The van der Waals surface area contributed by atoms with Crippen LogP contribution in [0.3, 0.4) is 0 Å². The average molecular weight is 264 g/mol. The van der Waals surface area contributed by atoms with E-state index in [4.69, 9.17) is 5.84 Å². The lowest BCUT2D eigenvalue weighted by Gasteiger charge is -2.17. The van der Waals surface area contributed by atoms with Gasteiger partial charge in [0.15, 0.2) is 0 Å². The minimum atomic E-state index is -0.409. The SMILES string of the molecule is CC1CN(Cc2cccc([N+](=O)[O-])c2NN)CC1C. The highest BCUT2D eigenvalue weighted by Gasteiger charge is 2.27. The molecule has 1 fully saturated rings. The van der Waals surface area contributed by atoms with E-state index < -0.39 is 4.92 Å². The summed E-state index contributed by atoms with van der Waals surface area (Å²) in [5.74, 6) is 6.77. The molecule has 1 saturated heterocycles. The van der Waals surface area contributed by atoms with Crippen LogP contribution in [0, 0.1) is 22.0 Å². The Morgan fingerprint density at radius 1 is 1.42 bits per heavy atom. The number of hydrogen-bond donors (Lipinski definition) is 2. The van der Waals surface area contributed by atoms with E-state index >= 15 is 0 Å². The van der Waals surface area contributed by atoms with Crippen LogP contribution in [0.25, 0.3) is 0 Å². The zero-order chi connectivity index (χ0) is 14.0. The summed E-state index contributed by atoms with van der Waals surface area (Å²) in [6.07, 6.45) is 0. The highest BCUT2D eigenvalue weighted by Crippen LogP contribution is 2.30. The number of nitro groups is 1. The van der Waals surface area contributed by atoms with Crippen LogP contribution in [-0.2, 0) is 6.54 Å². The second-order valence-corrected chi connectivity index (χ2v) is 5.36. The van der Waals surface area contributed by atoms with Crippen molar-refractivity contribution >= 4 is 11.4 Å². The van der Waals surface area contributed by atoms with E-state index in [1.54, 1.807) is 6.07 Å². The molecule has 19 heavy (non-hydrogen) atoms. The molecule has 0 amide bonds. The summed E-state index contributed by atoms with van der Waals surface area (Å²) in [7, 11) is 0. The van der Waals surface area contributed by atoms with E-state index in [0.29, 0.717) is 24.1 Å². The number of benzene rings is 1. The van der Waals surface area contributed by atoms with Gasteiger partial charge in [0.2, 0.25) is 0 Å². The number of rotatable bonds is 4. The van der Waals surface area contributed by atoms with Crippen molar-refractivity contribution in [1.82, 2.24) is 4.90 Å². The first-order chi connectivity index (χ1) is 9.02. The van der Waals surface area contributed by atoms with Crippen LogP contribution in [0.4, 0.5) is 11.4 Å². The molecule has 6 nitrogen and oxygen atoms in total. The van der Waals surface area contributed by atoms with Gasteiger partial charge in [0.05, 0.1) is 4.92 Å². The molecule has 1 heterocycles. The van der Waals surface area contributed by atoms with Crippen LogP contribution in [-0.4, -0.2) is 22.9 Å². The van der Waals surface area contributed by atoms with Gasteiger partial charge in [0, 0.05) is 25.7 Å². The van der Waals surface area contributed by atoms with Crippen molar-refractivity contribution in [1.29, 1.82) is 0 Å². The maximum absolute atomic E-state index is 11.0. The van der Waals surface area contributed by atoms with Crippen LogP contribution in [0.1, 0.15) is 19.4 Å². The van der Waals surface area contributed by atoms with Crippen LogP contribution in [0.2, 0.25) is 0 Å². The lowest BCUT2D eigenvalue weighted by Crippen LogP contribution is -2.22. The smallest absolute Gasteiger partial charge is 0.293 e. The summed E-state index contributed by atoms with van der Waals surface area (Å²) in [4.78, 5) is 12.9. The Kier molecular flexibility index (Phi) is 4.01. The predicted octanol–water partition coefficient (Wildman–Crippen LogP) is 1.97. The number of para-hydroxylation sites is 1. The molecule has 2 atom stereocenters. The van der Waals surface area contributed by atoms with Gasteiger partial charge in [0.25, 0.3) is 5.69 Å². The minimum absolute atomic E-state index is 0.0280. The van der Waals surface area contributed by atoms with Gasteiger partial charge in [-0.25, -0.2) is 0 Å². The quantitative estimate of drug-likeness (QED) is 0.493. The van der Waals surface area contributed by atoms with Crippen LogP contribution >= 0.6 is 0 Å². The Morgan fingerprint density at radius 2 is 2.05 bits per heavy atom. The zero-order valence-electron chi connectivity index (χ0n) is 11.3. The van der Waals surface area contributed by atoms with E-state index in [2.05, 4.69) is 24.2 Å². The largest absolute Gasteiger partial charge is 0.318 e. The Labute approximate surface area is 112 Å². The van der Waals surface area contributed by atoms with Gasteiger partial charge in [-0.1, -0.05) is 26.0 Å². The van der Waals surface area contributed by atoms with Crippen LogP contribution < -0.4 is 11.3 Å². The van der Waals surface area contributed by atoms with Gasteiger partial charge < -0.3 is 5.43 Å². The molecule has 0 aromatic heterocycles. The Morgan fingerprint density at radius 3 is 2.58 bits per heavy atom. The van der Waals surface area contributed by atoms with Gasteiger partial charge >= 0.3 is 0 Å². The average Bonchev–Trinajstić information content (AvgIpc) is 2.67. The molecule has 2 unspecified atom stereocenters. The van der Waals surface area contributed by atoms with Crippen molar-refractivity contribution in [2.45, 2.75) is 20.4 Å². The molecule has 1 aliphatic rings. The maximum atomic E-state index is 11.0. The third-order valence-electron chi connectivity index (χ3n) is 3.93. The fourth-order valence-electron chi connectivity index (χ4n) is 2.66. The summed E-state index contributed by atoms with van der Waals surface area (Å²) in [6.45, 7) is 7.21. The number of nitro benzene ring substituents is 1. The molecule has 0 spiro atoms. The standard InChI is InChI=1S/C13H20N4O2/c1-9-6-16(7-10(9)2)8-11-4-3-5-12(17(18)19)13(11)15-14/h3-5,9-10,15H,6-8,14H2,1-2H3. The molecule has 104 valence electrons. The van der Waals surface area contributed by atoms with Gasteiger partial charge in [-0.05, 0) is 17.4 Å². The molecular weight excluding hydrogens is 244 g/mol. The predicted molar refractivity (Wildman–Crippen MR) is 74.5 cm³/mol. The van der Waals surface area contributed by atoms with Crippen LogP contribution in [0.5, 0.6) is 0 Å². The summed E-state index contributed by atoms with van der Waals surface area (Å²) in [5.41, 5.74) is 3.79. The van der Waals surface area contributed by atoms with Crippen molar-refractivity contribution in [3.05, 3.63) is 33.9 Å². The second-order valence-electron chi connectivity index (χ2n) is 5.36. The fraction of sp³-hybridized carbons (Fsp3) is 0.538. The third-order valence-corrected chi connectivity index (χ3v) is 3.93. The summed E-state index contributed by atoms with van der Waals surface area (Å²) in [6, 6.07) is 5.06. The molecule has 2 rings (SSSR count). The minimum Gasteiger partial charge on any atom is -0.318 e. The fourth-order valence-corrected chi connectivity index (χ4v) is 2.66. The molecule has 0 saturated carbocycles. The van der Waals surface area contributed by atoms with Crippen LogP contribution in [0.15, 0.2) is 18.2 Å². The zero-order valence-corrected chi connectivity index (χ0v) is 11.3. The summed E-state index contributed by atoms with van der Waals surface area (Å²) >= 11 is 0. The Hall–Kier alpha value is -1.66. The molecule has 1 aliphatic heterocycles. The Bertz CT molecular complexity index is 468. The van der Waals surface area contributed by atoms with Crippen molar-refractivity contribution in [2.75, 3.05) is 18.5 Å². The van der Waals surface area contributed by atoms with E-state index in [1.165, 1.54) is 6.07 Å². The van der Waals surface area contributed by atoms with Gasteiger partial charge in [-0.3, -0.25) is 20.9 Å². The first kappa shape index (κ1) is 13.8. The Balaban J connectivity index is 2.21. The molecule has 0 aliphatic carbocycles. The number of hydrazine groups is 1. The van der Waals surface area contributed by atoms with Gasteiger partial charge in [-0.2, -0.15) is 0 Å². The van der Waals surface area contributed by atoms with Gasteiger partial charge in [-0.15, -0.1) is 0 Å².